The van der Waals surface area contributed by atoms with Gasteiger partial charge in [0.2, 0.25) is 11.8 Å². The van der Waals surface area contributed by atoms with Gasteiger partial charge in [-0.3, -0.25) is 19.5 Å². The predicted octanol–water partition coefficient (Wildman–Crippen LogP) is 2.65. The smallest absolute Gasteiger partial charge is 0.275 e. The Hall–Kier alpha value is -3.42. The molecule has 3 N–H and O–H groups in total. The standard InChI is InChI=1S/C24H27N5O3/c1-14-7-17-10-18(8-15-3-2-4-15)23(31)27-22(17)24(32)29(14)13-21(30)25-11-16-5-6-20-19(9-16)12-26-28-20/h5-7,9,12,15,18H,2-4,8,10-11,13H2,1H3,(H,25,30)(H,26,28)(H,27,31)/t18-/m1/s1. The molecule has 8 nitrogen and oxygen atoms in total. The van der Waals surface area contributed by atoms with Crippen LogP contribution in [0, 0.1) is 18.8 Å². The molecule has 3 heterocycles. The minimum absolute atomic E-state index is 0.0710. The van der Waals surface area contributed by atoms with E-state index in [-0.39, 0.29) is 29.8 Å². The SMILES string of the molecule is Cc1cc2c(c(=O)n1CC(=O)NCc1ccc3[nH]ncc3c1)NC(=O)[C@H](CC1CCC1)C2. The molecule has 1 fully saturated rings. The van der Waals surface area contributed by atoms with Crippen LogP contribution in [-0.4, -0.2) is 26.6 Å². The average molecular weight is 434 g/mol. The molecular formula is C24H27N5O3. The molecule has 8 heteroatoms. The van der Waals surface area contributed by atoms with Crippen molar-refractivity contribution in [1.82, 2.24) is 20.1 Å². The largest absolute Gasteiger partial charge is 0.350 e. The Balaban J connectivity index is 1.27. The van der Waals surface area contributed by atoms with Crippen LogP contribution in [0.15, 0.2) is 35.3 Å². The summed E-state index contributed by atoms with van der Waals surface area (Å²) in [6.07, 6.45) is 6.86. The molecule has 2 amide bonds. The summed E-state index contributed by atoms with van der Waals surface area (Å²) in [6.45, 7) is 2.10. The molecule has 1 aromatic carbocycles. The van der Waals surface area contributed by atoms with Crippen molar-refractivity contribution in [2.24, 2.45) is 11.8 Å². The van der Waals surface area contributed by atoms with Gasteiger partial charge in [0.25, 0.3) is 5.56 Å². The number of rotatable bonds is 6. The van der Waals surface area contributed by atoms with Crippen molar-refractivity contribution in [3.05, 3.63) is 57.6 Å². The Morgan fingerprint density at radius 1 is 1.25 bits per heavy atom. The van der Waals surface area contributed by atoms with E-state index in [1.807, 2.05) is 31.2 Å². The van der Waals surface area contributed by atoms with Gasteiger partial charge >= 0.3 is 0 Å². The molecular weight excluding hydrogens is 406 g/mol. The normalized spacial score (nSPS) is 18.2. The summed E-state index contributed by atoms with van der Waals surface area (Å²) in [6, 6.07) is 7.74. The Morgan fingerprint density at radius 3 is 2.88 bits per heavy atom. The van der Waals surface area contributed by atoms with Crippen molar-refractivity contribution in [1.29, 1.82) is 0 Å². The molecule has 0 saturated heterocycles. The van der Waals surface area contributed by atoms with Crippen LogP contribution in [0.4, 0.5) is 5.69 Å². The molecule has 0 spiro atoms. The van der Waals surface area contributed by atoms with E-state index in [1.54, 1.807) is 6.20 Å². The molecule has 1 atom stereocenters. The third-order valence-corrected chi connectivity index (χ3v) is 6.81. The molecule has 1 aliphatic heterocycles. The topological polar surface area (TPSA) is 109 Å². The number of nitrogens with one attached hydrogen (secondary N) is 3. The Bertz CT molecular complexity index is 1250. The van der Waals surface area contributed by atoms with Gasteiger partial charge in [0.05, 0.1) is 11.7 Å². The number of pyridine rings is 1. The minimum Gasteiger partial charge on any atom is -0.350 e. The molecule has 1 aliphatic carbocycles. The second kappa shape index (κ2) is 8.26. The summed E-state index contributed by atoms with van der Waals surface area (Å²) in [4.78, 5) is 38.2. The minimum atomic E-state index is -0.314. The average Bonchev–Trinajstić information content (AvgIpc) is 3.21. The van der Waals surface area contributed by atoms with Crippen LogP contribution in [0.25, 0.3) is 10.9 Å². The van der Waals surface area contributed by atoms with Crippen LogP contribution in [0.2, 0.25) is 0 Å². The summed E-state index contributed by atoms with van der Waals surface area (Å²) >= 11 is 0. The van der Waals surface area contributed by atoms with Crippen LogP contribution < -0.4 is 16.2 Å². The summed E-state index contributed by atoms with van der Waals surface area (Å²) < 4.78 is 1.43. The maximum atomic E-state index is 13.1. The number of carbonyl (C=O) groups is 2. The second-order valence-electron chi connectivity index (χ2n) is 9.07. The zero-order valence-corrected chi connectivity index (χ0v) is 18.1. The fourth-order valence-electron chi connectivity index (χ4n) is 4.73. The highest BCUT2D eigenvalue weighted by Gasteiger charge is 2.32. The van der Waals surface area contributed by atoms with Crippen molar-refractivity contribution in [2.75, 3.05) is 5.32 Å². The number of H-pyrrole nitrogens is 1. The van der Waals surface area contributed by atoms with E-state index in [0.717, 1.165) is 34.1 Å². The van der Waals surface area contributed by atoms with Crippen LogP contribution in [0.1, 0.15) is 42.5 Å². The molecule has 3 aromatic rings. The summed E-state index contributed by atoms with van der Waals surface area (Å²) in [5.74, 6) is 0.230. The molecule has 2 aliphatic rings. The van der Waals surface area contributed by atoms with Crippen molar-refractivity contribution in [3.63, 3.8) is 0 Å². The molecule has 5 rings (SSSR count). The molecule has 0 unspecified atom stereocenters. The highest BCUT2D eigenvalue weighted by atomic mass is 16.2. The Labute approximate surface area is 185 Å². The first kappa shape index (κ1) is 20.5. The summed E-state index contributed by atoms with van der Waals surface area (Å²) in [5.41, 5.74) is 3.50. The molecule has 0 radical (unpaired) electrons. The zero-order chi connectivity index (χ0) is 22.2. The van der Waals surface area contributed by atoms with E-state index >= 15 is 0 Å². The van der Waals surface area contributed by atoms with Gasteiger partial charge < -0.3 is 15.2 Å². The fourth-order valence-corrected chi connectivity index (χ4v) is 4.73. The van der Waals surface area contributed by atoms with Gasteiger partial charge in [-0.2, -0.15) is 5.10 Å². The number of hydrogen-bond acceptors (Lipinski definition) is 4. The monoisotopic (exact) mass is 433 g/mol. The number of aryl methyl sites for hydroxylation is 1. The maximum Gasteiger partial charge on any atom is 0.275 e. The first-order valence-corrected chi connectivity index (χ1v) is 11.2. The highest BCUT2D eigenvalue weighted by molar-refractivity contribution is 5.95. The zero-order valence-electron chi connectivity index (χ0n) is 18.1. The van der Waals surface area contributed by atoms with Gasteiger partial charge in [-0.1, -0.05) is 25.3 Å². The number of hydrogen-bond donors (Lipinski definition) is 3. The van der Waals surface area contributed by atoms with E-state index in [0.29, 0.717) is 24.6 Å². The number of fused-ring (bicyclic) bond motifs is 2. The van der Waals surface area contributed by atoms with E-state index in [9.17, 15) is 14.4 Å². The van der Waals surface area contributed by atoms with Gasteiger partial charge in [0.15, 0.2) is 0 Å². The first-order valence-electron chi connectivity index (χ1n) is 11.2. The van der Waals surface area contributed by atoms with E-state index in [2.05, 4.69) is 20.8 Å². The lowest BCUT2D eigenvalue weighted by Gasteiger charge is -2.32. The number of aromatic amines is 1. The van der Waals surface area contributed by atoms with Crippen LogP contribution >= 0.6 is 0 Å². The third-order valence-electron chi connectivity index (χ3n) is 6.81. The van der Waals surface area contributed by atoms with E-state index in [1.165, 1.54) is 23.8 Å². The van der Waals surface area contributed by atoms with Crippen LogP contribution in [-0.2, 0) is 29.1 Å². The number of aromatic nitrogens is 3. The molecule has 1 saturated carbocycles. The number of benzene rings is 1. The van der Waals surface area contributed by atoms with E-state index in [4.69, 9.17) is 0 Å². The van der Waals surface area contributed by atoms with Gasteiger partial charge in [-0.15, -0.1) is 0 Å². The summed E-state index contributed by atoms with van der Waals surface area (Å²) in [5, 5.41) is 13.6. The molecule has 2 aromatic heterocycles. The number of carbonyl (C=O) groups excluding carboxylic acids is 2. The van der Waals surface area contributed by atoms with Crippen LogP contribution in [0.5, 0.6) is 0 Å². The van der Waals surface area contributed by atoms with Gasteiger partial charge in [0, 0.05) is 23.5 Å². The Morgan fingerprint density at radius 2 is 2.09 bits per heavy atom. The first-order chi connectivity index (χ1) is 15.5. The van der Waals surface area contributed by atoms with E-state index < -0.39 is 0 Å². The van der Waals surface area contributed by atoms with Gasteiger partial charge in [-0.05, 0) is 55.0 Å². The number of anilines is 1. The number of amides is 2. The third kappa shape index (κ3) is 3.92. The second-order valence-corrected chi connectivity index (χ2v) is 9.07. The van der Waals surface area contributed by atoms with Crippen LogP contribution in [0.3, 0.4) is 0 Å². The molecule has 0 bridgehead atoms. The Kier molecular flexibility index (Phi) is 5.28. The van der Waals surface area contributed by atoms with Crippen molar-refractivity contribution < 1.29 is 9.59 Å². The summed E-state index contributed by atoms with van der Waals surface area (Å²) in [7, 11) is 0. The number of nitrogens with zero attached hydrogens (tertiary/aromatic N) is 2. The van der Waals surface area contributed by atoms with Crippen molar-refractivity contribution in [2.45, 2.75) is 52.1 Å². The van der Waals surface area contributed by atoms with Gasteiger partial charge in [-0.25, -0.2) is 0 Å². The van der Waals surface area contributed by atoms with Gasteiger partial charge in [0.1, 0.15) is 12.2 Å². The maximum absolute atomic E-state index is 13.1. The highest BCUT2D eigenvalue weighted by Crippen LogP contribution is 2.35. The fraction of sp³-hybridized carbons (Fsp3) is 0.417. The lowest BCUT2D eigenvalue weighted by atomic mass is 9.76. The molecule has 166 valence electrons. The molecule has 32 heavy (non-hydrogen) atoms. The lowest BCUT2D eigenvalue weighted by molar-refractivity contribution is -0.122. The lowest BCUT2D eigenvalue weighted by Crippen LogP contribution is -2.39. The quantitative estimate of drug-likeness (QED) is 0.555. The van der Waals surface area contributed by atoms with Crippen molar-refractivity contribution in [3.8, 4) is 0 Å². The predicted molar refractivity (Wildman–Crippen MR) is 121 cm³/mol. The van der Waals surface area contributed by atoms with Crippen molar-refractivity contribution >= 4 is 28.4 Å².